The van der Waals surface area contributed by atoms with E-state index in [4.69, 9.17) is 23.7 Å². The molecule has 6 heteroatoms. The van der Waals surface area contributed by atoms with E-state index in [0.29, 0.717) is 33.0 Å². The molecule has 4 aromatic rings. The number of benzene rings is 4. The van der Waals surface area contributed by atoms with Crippen LogP contribution in [-0.4, -0.2) is 45.6 Å². The maximum Gasteiger partial charge on any atom is 0.330 e. The van der Waals surface area contributed by atoms with E-state index in [9.17, 15) is 4.79 Å². The van der Waals surface area contributed by atoms with Crippen LogP contribution in [0.15, 0.2) is 91.5 Å². The second-order valence-corrected chi connectivity index (χ2v) is 7.61. The molecule has 0 saturated heterocycles. The highest BCUT2D eigenvalue weighted by atomic mass is 16.6. The Balaban J connectivity index is 1.40. The van der Waals surface area contributed by atoms with Crippen LogP contribution in [-0.2, 0) is 19.0 Å². The summed E-state index contributed by atoms with van der Waals surface area (Å²) in [6.07, 6.45) is 1.12. The van der Waals surface area contributed by atoms with E-state index < -0.39 is 5.97 Å². The van der Waals surface area contributed by atoms with E-state index in [0.717, 1.165) is 44.9 Å². The molecule has 0 spiro atoms. The summed E-state index contributed by atoms with van der Waals surface area (Å²) in [5.41, 5.74) is 0. The van der Waals surface area contributed by atoms with Gasteiger partial charge in [0.25, 0.3) is 0 Å². The summed E-state index contributed by atoms with van der Waals surface area (Å²) in [6.45, 7) is 5.48. The number of carbonyl (C=O) groups excluding carboxylic acids is 1. The first-order chi connectivity index (χ1) is 17.3. The number of esters is 1. The van der Waals surface area contributed by atoms with Crippen molar-refractivity contribution < 1.29 is 28.5 Å². The molecule has 4 aromatic carbocycles. The highest BCUT2D eigenvalue weighted by Gasteiger charge is 2.16. The fourth-order valence-corrected chi connectivity index (χ4v) is 3.70. The van der Waals surface area contributed by atoms with Gasteiger partial charge in [0.1, 0.15) is 30.5 Å². The Hall–Kier alpha value is -3.87. The van der Waals surface area contributed by atoms with Crippen LogP contribution >= 0.6 is 0 Å². The maximum atomic E-state index is 11.0. The van der Waals surface area contributed by atoms with E-state index in [1.54, 1.807) is 0 Å². The quantitative estimate of drug-likeness (QED) is 0.104. The van der Waals surface area contributed by atoms with Crippen LogP contribution in [0.25, 0.3) is 21.5 Å². The Morgan fingerprint density at radius 3 is 1.69 bits per heavy atom. The van der Waals surface area contributed by atoms with Gasteiger partial charge in [-0.2, -0.15) is 0 Å². The Morgan fingerprint density at radius 2 is 1.11 bits per heavy atom. The predicted octanol–water partition coefficient (Wildman–Crippen LogP) is 5.93. The average molecular weight is 473 g/mol. The normalized spacial score (nSPS) is 10.9. The number of carbonyl (C=O) groups is 1. The molecule has 0 aliphatic carbocycles. The van der Waals surface area contributed by atoms with Gasteiger partial charge >= 0.3 is 5.97 Å². The molecule has 0 amide bonds. The summed E-state index contributed by atoms with van der Waals surface area (Å²) in [7, 11) is 0. The molecule has 0 bridgehead atoms. The van der Waals surface area contributed by atoms with Crippen molar-refractivity contribution in [1.82, 2.24) is 0 Å². The van der Waals surface area contributed by atoms with Gasteiger partial charge in [0.05, 0.1) is 26.4 Å². The van der Waals surface area contributed by atoms with Gasteiger partial charge in [-0.1, -0.05) is 73.3 Å². The maximum absolute atomic E-state index is 11.0. The third kappa shape index (κ3) is 6.38. The topological polar surface area (TPSA) is 63.2 Å². The van der Waals surface area contributed by atoms with Gasteiger partial charge in [-0.25, -0.2) is 4.79 Å². The summed E-state index contributed by atoms with van der Waals surface area (Å²) in [5.74, 6) is 1.94. The molecule has 0 N–H and O–H groups in total. The van der Waals surface area contributed by atoms with Gasteiger partial charge in [0, 0.05) is 27.6 Å². The molecule has 180 valence electrons. The fourth-order valence-electron chi connectivity index (χ4n) is 3.70. The smallest absolute Gasteiger partial charge is 0.330 e. The molecular weight excluding hydrogens is 444 g/mol. The largest absolute Gasteiger partial charge is 0.490 e. The number of para-hydroxylation sites is 1. The van der Waals surface area contributed by atoms with Gasteiger partial charge in [-0.05, 0) is 12.1 Å². The lowest BCUT2D eigenvalue weighted by Crippen LogP contribution is -2.13. The van der Waals surface area contributed by atoms with Crippen molar-refractivity contribution in [3.8, 4) is 17.2 Å². The molecule has 0 fully saturated rings. The standard InChI is InChI=1S/C29H28O6/c1-2-27(30)33-20-18-31-16-17-32-19-21-34-28-23-12-6-8-14-25(23)29(26-15-9-7-13-24(26)28)35-22-10-4-3-5-11-22/h2-15H,1,16-21H2. The molecule has 0 aliphatic heterocycles. The molecular formula is C29H28O6. The third-order valence-electron chi connectivity index (χ3n) is 5.28. The van der Waals surface area contributed by atoms with Gasteiger partial charge in [-0.15, -0.1) is 0 Å². The fraction of sp³-hybridized carbons (Fsp3) is 0.207. The van der Waals surface area contributed by atoms with Crippen LogP contribution in [0.1, 0.15) is 0 Å². The number of ether oxygens (including phenoxy) is 5. The molecule has 0 unspecified atom stereocenters. The van der Waals surface area contributed by atoms with Gasteiger partial charge < -0.3 is 23.7 Å². The minimum absolute atomic E-state index is 0.193. The van der Waals surface area contributed by atoms with Crippen molar-refractivity contribution in [3.63, 3.8) is 0 Å². The second-order valence-electron chi connectivity index (χ2n) is 7.61. The first-order valence-electron chi connectivity index (χ1n) is 11.5. The first-order valence-corrected chi connectivity index (χ1v) is 11.5. The lowest BCUT2D eigenvalue weighted by Gasteiger charge is -2.17. The lowest BCUT2D eigenvalue weighted by atomic mass is 10.0. The van der Waals surface area contributed by atoms with Gasteiger partial charge in [-0.3, -0.25) is 0 Å². The molecule has 35 heavy (non-hydrogen) atoms. The number of fused-ring (bicyclic) bond motifs is 2. The van der Waals surface area contributed by atoms with E-state index in [2.05, 4.69) is 6.58 Å². The Morgan fingerprint density at radius 1 is 0.629 bits per heavy atom. The molecule has 0 saturated carbocycles. The SMILES string of the molecule is C=CC(=O)OCCOCCOCCOc1c2ccccc2c(Oc2ccccc2)c2ccccc12. The molecule has 0 aliphatic rings. The average Bonchev–Trinajstić information content (AvgIpc) is 2.91. The van der Waals surface area contributed by atoms with E-state index in [1.807, 2.05) is 78.9 Å². The van der Waals surface area contributed by atoms with Crippen molar-refractivity contribution >= 4 is 27.5 Å². The zero-order chi connectivity index (χ0) is 24.3. The molecule has 4 rings (SSSR count). The molecule has 6 nitrogen and oxygen atoms in total. The van der Waals surface area contributed by atoms with Gasteiger partial charge in [0.2, 0.25) is 0 Å². The monoisotopic (exact) mass is 472 g/mol. The van der Waals surface area contributed by atoms with Crippen LogP contribution in [0.3, 0.4) is 0 Å². The summed E-state index contributed by atoms with van der Waals surface area (Å²) < 4.78 is 28.4. The summed E-state index contributed by atoms with van der Waals surface area (Å²) in [5, 5.41) is 3.93. The van der Waals surface area contributed by atoms with Gasteiger partial charge in [0.15, 0.2) is 0 Å². The minimum Gasteiger partial charge on any atom is -0.490 e. The molecule has 0 heterocycles. The highest BCUT2D eigenvalue weighted by molar-refractivity contribution is 6.11. The second kappa shape index (κ2) is 12.6. The van der Waals surface area contributed by atoms with Crippen molar-refractivity contribution in [3.05, 3.63) is 91.5 Å². The summed E-state index contributed by atoms with van der Waals surface area (Å²) in [4.78, 5) is 11.0. The Bertz CT molecular complexity index is 1210. The van der Waals surface area contributed by atoms with Crippen molar-refractivity contribution in [2.75, 3.05) is 39.6 Å². The number of rotatable bonds is 13. The van der Waals surface area contributed by atoms with Crippen LogP contribution in [0.5, 0.6) is 17.2 Å². The first kappa shape index (κ1) is 24.3. The summed E-state index contributed by atoms with van der Waals surface area (Å²) >= 11 is 0. The van der Waals surface area contributed by atoms with E-state index in [1.165, 1.54) is 0 Å². The molecule has 0 aromatic heterocycles. The minimum atomic E-state index is -0.457. The number of hydrogen-bond acceptors (Lipinski definition) is 6. The van der Waals surface area contributed by atoms with Crippen molar-refractivity contribution in [2.45, 2.75) is 0 Å². The molecule has 0 radical (unpaired) electrons. The van der Waals surface area contributed by atoms with Crippen LogP contribution in [0.2, 0.25) is 0 Å². The Kier molecular flexibility index (Phi) is 8.70. The van der Waals surface area contributed by atoms with Crippen molar-refractivity contribution in [1.29, 1.82) is 0 Å². The zero-order valence-corrected chi connectivity index (χ0v) is 19.5. The van der Waals surface area contributed by atoms with E-state index in [-0.39, 0.29) is 6.61 Å². The van der Waals surface area contributed by atoms with Crippen LogP contribution < -0.4 is 9.47 Å². The number of hydrogen-bond donors (Lipinski definition) is 0. The zero-order valence-electron chi connectivity index (χ0n) is 19.5. The predicted molar refractivity (Wildman–Crippen MR) is 136 cm³/mol. The van der Waals surface area contributed by atoms with Crippen LogP contribution in [0, 0.1) is 0 Å². The highest BCUT2D eigenvalue weighted by Crippen LogP contribution is 2.44. The summed E-state index contributed by atoms with van der Waals surface area (Å²) in [6, 6.07) is 26.0. The Labute approximate surface area is 204 Å². The van der Waals surface area contributed by atoms with Crippen molar-refractivity contribution in [2.24, 2.45) is 0 Å². The molecule has 0 atom stereocenters. The third-order valence-corrected chi connectivity index (χ3v) is 5.28. The van der Waals surface area contributed by atoms with E-state index >= 15 is 0 Å². The van der Waals surface area contributed by atoms with Crippen LogP contribution in [0.4, 0.5) is 0 Å². The lowest BCUT2D eigenvalue weighted by molar-refractivity contribution is -0.139.